The van der Waals surface area contributed by atoms with Gasteiger partial charge in [0.25, 0.3) is 0 Å². The third-order valence-corrected chi connectivity index (χ3v) is 11.9. The molecule has 2 saturated carbocycles. The summed E-state index contributed by atoms with van der Waals surface area (Å²) in [6, 6.07) is 13.3. The van der Waals surface area contributed by atoms with E-state index in [4.69, 9.17) is 21.2 Å². The van der Waals surface area contributed by atoms with Crippen LogP contribution in [0.25, 0.3) is 44.1 Å². The van der Waals surface area contributed by atoms with Crippen LogP contribution in [0.2, 0.25) is 0 Å². The van der Waals surface area contributed by atoms with E-state index < -0.39 is 0 Å². The molecule has 0 aliphatic heterocycles. The van der Waals surface area contributed by atoms with Gasteiger partial charge in [0.15, 0.2) is 0 Å². The topological polar surface area (TPSA) is 165 Å². The molecule has 8 rings (SSSR count). The second-order valence-corrected chi connectivity index (χ2v) is 15.1. The zero-order valence-electron chi connectivity index (χ0n) is 30.6. The van der Waals surface area contributed by atoms with Crippen LogP contribution >= 0.6 is 0 Å². The predicted molar refractivity (Wildman–Crippen MR) is 208 cm³/mol. The largest absolute Gasteiger partial charge is 0.473 e. The summed E-state index contributed by atoms with van der Waals surface area (Å²) in [6.07, 6.45) is 15.3. The van der Waals surface area contributed by atoms with Gasteiger partial charge in [-0.2, -0.15) is 10.5 Å². The van der Waals surface area contributed by atoms with Crippen molar-refractivity contribution >= 4 is 33.2 Å². The Kier molecular flexibility index (Phi) is 8.59. The summed E-state index contributed by atoms with van der Waals surface area (Å²) in [7, 11) is 0. The summed E-state index contributed by atoms with van der Waals surface area (Å²) < 4.78 is 11.2. The number of benzene rings is 2. The van der Waals surface area contributed by atoms with Gasteiger partial charge in [-0.15, -0.1) is 0 Å². The van der Waals surface area contributed by atoms with Crippen LogP contribution in [0.4, 0.5) is 11.4 Å². The molecule has 268 valence electrons. The van der Waals surface area contributed by atoms with Crippen LogP contribution in [0.15, 0.2) is 55.2 Å². The fourth-order valence-electron chi connectivity index (χ4n) is 8.63. The number of nitrogen functional groups attached to an aromatic ring is 2. The molecule has 2 fully saturated rings. The number of nitriles is 2. The van der Waals surface area contributed by atoms with Crippen molar-refractivity contribution in [2.24, 2.45) is 0 Å². The summed E-state index contributed by atoms with van der Waals surface area (Å²) in [6.45, 7) is 7.97. The molecule has 0 radical (unpaired) electrons. The van der Waals surface area contributed by atoms with Gasteiger partial charge in [-0.1, -0.05) is 0 Å². The monoisotopic (exact) mass is 704 g/mol. The summed E-state index contributed by atoms with van der Waals surface area (Å²) in [5.41, 5.74) is 25.3. The maximum Gasteiger partial charge on any atom is 0.237 e. The predicted octanol–water partition coefficient (Wildman–Crippen LogP) is 8.51. The van der Waals surface area contributed by atoms with Crippen LogP contribution in [0.1, 0.15) is 90.4 Å². The Hall–Kier alpha value is -5.84. The molecule has 0 saturated heterocycles. The molecule has 2 aliphatic carbocycles. The van der Waals surface area contributed by atoms with E-state index >= 15 is 0 Å². The van der Waals surface area contributed by atoms with Crippen molar-refractivity contribution in [3.05, 3.63) is 88.6 Å². The van der Waals surface area contributed by atoms with Crippen LogP contribution in [0, 0.1) is 50.4 Å². The Labute approximate surface area is 309 Å². The standard InChI is InChI=1S/C43H44N8O2/c1-23-11-40-33(13-27(23)16-44)37(35-18-48-20-39(46)25(35)3)21-50(40)29-6-9-32(10-7-29)53-43-42(47)26(4)36(19-49-43)38-22-51(30-5-8-31(52)15-30)41-12-24(2)28(17-45)14-34(38)41/h11-14,18-22,29-32,52H,5-10,15,46-47H2,1-4H3/t29-,30-,31-,32-/m1/s1. The molecule has 53 heavy (non-hydrogen) atoms. The quantitative estimate of drug-likeness (QED) is 0.155. The summed E-state index contributed by atoms with van der Waals surface area (Å²) in [4.78, 5) is 9.17. The number of aromatic nitrogens is 4. The van der Waals surface area contributed by atoms with E-state index in [0.29, 0.717) is 34.8 Å². The Morgan fingerprint density at radius 1 is 0.717 bits per heavy atom. The highest BCUT2D eigenvalue weighted by atomic mass is 16.5. The van der Waals surface area contributed by atoms with Gasteiger partial charge in [-0.3, -0.25) is 4.98 Å². The fraction of sp³-hybridized carbons (Fsp3) is 0.349. The van der Waals surface area contributed by atoms with Gasteiger partial charge < -0.3 is 30.4 Å². The van der Waals surface area contributed by atoms with Crippen LogP contribution < -0.4 is 16.2 Å². The van der Waals surface area contributed by atoms with Crippen molar-refractivity contribution < 1.29 is 9.84 Å². The normalized spacial score (nSPS) is 20.1. The Morgan fingerprint density at radius 2 is 1.28 bits per heavy atom. The molecule has 6 aromatic rings. The van der Waals surface area contributed by atoms with Gasteiger partial charge in [0.2, 0.25) is 5.88 Å². The summed E-state index contributed by atoms with van der Waals surface area (Å²) in [5, 5.41) is 32.0. The van der Waals surface area contributed by atoms with E-state index in [0.717, 1.165) is 105 Å². The van der Waals surface area contributed by atoms with Gasteiger partial charge in [0.05, 0.1) is 46.9 Å². The molecule has 2 aliphatic rings. The molecule has 4 heterocycles. The van der Waals surface area contributed by atoms with Gasteiger partial charge in [0.1, 0.15) is 6.10 Å². The van der Waals surface area contributed by atoms with Crippen LogP contribution in [-0.2, 0) is 0 Å². The number of rotatable bonds is 6. The van der Waals surface area contributed by atoms with E-state index in [9.17, 15) is 15.6 Å². The van der Waals surface area contributed by atoms with E-state index in [1.54, 1.807) is 6.20 Å². The highest BCUT2D eigenvalue weighted by Crippen LogP contribution is 2.43. The highest BCUT2D eigenvalue weighted by Gasteiger charge is 2.29. The van der Waals surface area contributed by atoms with E-state index in [2.05, 4.69) is 50.8 Å². The first-order valence-electron chi connectivity index (χ1n) is 18.5. The molecule has 0 spiro atoms. The molecular formula is C43H44N8O2. The van der Waals surface area contributed by atoms with Crippen molar-refractivity contribution in [2.75, 3.05) is 11.5 Å². The number of aliphatic hydroxyl groups excluding tert-OH is 1. The van der Waals surface area contributed by atoms with Crippen LogP contribution in [0.5, 0.6) is 5.88 Å². The van der Waals surface area contributed by atoms with Crippen molar-refractivity contribution in [2.45, 2.75) is 96.9 Å². The van der Waals surface area contributed by atoms with Crippen molar-refractivity contribution in [3.8, 4) is 40.3 Å². The van der Waals surface area contributed by atoms with Crippen LogP contribution in [-0.4, -0.2) is 36.4 Å². The van der Waals surface area contributed by atoms with E-state index in [1.807, 2.05) is 52.2 Å². The number of aryl methyl sites for hydroxylation is 2. The number of nitrogens with zero attached hydrogens (tertiary/aromatic N) is 6. The van der Waals surface area contributed by atoms with Crippen molar-refractivity contribution in [1.29, 1.82) is 10.5 Å². The lowest BCUT2D eigenvalue weighted by Crippen LogP contribution is -2.26. The second-order valence-electron chi connectivity index (χ2n) is 15.1. The zero-order chi connectivity index (χ0) is 37.1. The average molecular weight is 705 g/mol. The third-order valence-electron chi connectivity index (χ3n) is 11.9. The van der Waals surface area contributed by atoms with Crippen molar-refractivity contribution in [1.82, 2.24) is 19.1 Å². The number of aliphatic hydroxyl groups is 1. The molecule has 2 aromatic carbocycles. The van der Waals surface area contributed by atoms with Gasteiger partial charge in [0, 0.05) is 80.9 Å². The SMILES string of the molecule is Cc1cc2c(cc1C#N)c(-c1cnc(O[C@H]3CC[C@H](n4cc(-c5cncc(N)c5C)c5cc(C#N)c(C)cc54)CC3)c(N)c1C)cn2[C@@H]1CC[C@@H](O)C1. The lowest BCUT2D eigenvalue weighted by molar-refractivity contribution is 0.129. The Bertz CT molecular complexity index is 2510. The lowest BCUT2D eigenvalue weighted by atomic mass is 9.92. The highest BCUT2D eigenvalue weighted by molar-refractivity contribution is 6.00. The number of fused-ring (bicyclic) bond motifs is 2. The van der Waals surface area contributed by atoms with Crippen molar-refractivity contribution in [3.63, 3.8) is 0 Å². The summed E-state index contributed by atoms with van der Waals surface area (Å²) >= 11 is 0. The molecule has 2 atom stereocenters. The molecule has 0 amide bonds. The average Bonchev–Trinajstić information content (AvgIpc) is 3.86. The maximum atomic E-state index is 10.3. The number of anilines is 2. The molecule has 10 nitrogen and oxygen atoms in total. The van der Waals surface area contributed by atoms with Crippen LogP contribution in [0.3, 0.4) is 0 Å². The third kappa shape index (κ3) is 5.84. The van der Waals surface area contributed by atoms with Gasteiger partial charge in [-0.05, 0) is 119 Å². The minimum Gasteiger partial charge on any atom is -0.473 e. The lowest BCUT2D eigenvalue weighted by Gasteiger charge is -2.30. The first-order valence-corrected chi connectivity index (χ1v) is 18.5. The first-order chi connectivity index (χ1) is 25.6. The van der Waals surface area contributed by atoms with Gasteiger partial charge in [-0.25, -0.2) is 4.98 Å². The fourth-order valence-corrected chi connectivity index (χ4v) is 8.63. The number of nitrogens with two attached hydrogens (primary N) is 2. The number of hydrogen-bond acceptors (Lipinski definition) is 8. The molecule has 4 aromatic heterocycles. The zero-order valence-corrected chi connectivity index (χ0v) is 30.6. The number of ether oxygens (including phenoxy) is 1. The number of hydrogen-bond donors (Lipinski definition) is 3. The first kappa shape index (κ1) is 34.3. The molecule has 10 heteroatoms. The van der Waals surface area contributed by atoms with Gasteiger partial charge >= 0.3 is 0 Å². The minimum absolute atomic E-state index is 0.0308. The summed E-state index contributed by atoms with van der Waals surface area (Å²) in [5.74, 6) is 0.448. The van der Waals surface area contributed by atoms with E-state index in [1.165, 1.54) is 0 Å². The molecular weight excluding hydrogens is 661 g/mol. The smallest absolute Gasteiger partial charge is 0.237 e. The molecule has 0 unspecified atom stereocenters. The number of pyridine rings is 2. The molecule has 5 N–H and O–H groups in total. The van der Waals surface area contributed by atoms with E-state index in [-0.39, 0.29) is 24.3 Å². The molecule has 0 bridgehead atoms. The second kappa shape index (κ2) is 13.3. The minimum atomic E-state index is -0.302. The maximum absolute atomic E-state index is 10.3. The Balaban J connectivity index is 1.06. The Morgan fingerprint density at radius 3 is 1.85 bits per heavy atom.